The Morgan fingerprint density at radius 3 is 2.65 bits per heavy atom. The van der Waals surface area contributed by atoms with Gasteiger partial charge in [0, 0.05) is 5.92 Å². The number of hydrogen-bond acceptors (Lipinski definition) is 4. The number of rotatable bonds is 3. The van der Waals surface area contributed by atoms with Crippen LogP contribution in [0.25, 0.3) is 0 Å². The van der Waals surface area contributed by atoms with Crippen LogP contribution in [0.3, 0.4) is 0 Å². The van der Waals surface area contributed by atoms with Gasteiger partial charge in [0.05, 0.1) is 11.5 Å². The molecule has 1 aliphatic carbocycles. The van der Waals surface area contributed by atoms with Crippen molar-refractivity contribution in [3.8, 4) is 0 Å². The quantitative estimate of drug-likeness (QED) is 0.925. The summed E-state index contributed by atoms with van der Waals surface area (Å²) in [5.41, 5.74) is 5.30. The van der Waals surface area contributed by atoms with Crippen molar-refractivity contribution < 1.29 is 17.7 Å². The minimum atomic E-state index is -4.15. The van der Waals surface area contributed by atoms with Crippen LogP contribution in [-0.2, 0) is 5.54 Å². The molecular weight excluding hydrogens is 271 g/mol. The molecule has 0 radical (unpaired) electrons. The summed E-state index contributed by atoms with van der Waals surface area (Å²) >= 11 is 0. The fraction of sp³-hybridized carbons (Fsp3) is 0.846. The highest BCUT2D eigenvalue weighted by Crippen LogP contribution is 2.43. The van der Waals surface area contributed by atoms with E-state index in [2.05, 4.69) is 10.1 Å². The Morgan fingerprint density at radius 1 is 1.35 bits per heavy atom. The van der Waals surface area contributed by atoms with Crippen LogP contribution >= 0.6 is 0 Å². The fourth-order valence-corrected chi connectivity index (χ4v) is 2.50. The molecule has 4 nitrogen and oxygen atoms in total. The molecular formula is C13H20F3N3O. The smallest absolute Gasteiger partial charge is 0.339 e. The maximum atomic E-state index is 12.8. The third kappa shape index (κ3) is 3.13. The largest absolute Gasteiger partial charge is 0.391 e. The molecule has 1 saturated carbocycles. The van der Waals surface area contributed by atoms with Crippen LogP contribution in [0.1, 0.15) is 63.6 Å². The monoisotopic (exact) mass is 291 g/mol. The minimum absolute atomic E-state index is 0.0263. The van der Waals surface area contributed by atoms with Gasteiger partial charge in [-0.05, 0) is 32.6 Å². The van der Waals surface area contributed by atoms with Gasteiger partial charge in [0.25, 0.3) is 0 Å². The first-order valence-corrected chi connectivity index (χ1v) is 6.93. The van der Waals surface area contributed by atoms with Gasteiger partial charge in [0.1, 0.15) is 0 Å². The van der Waals surface area contributed by atoms with Crippen LogP contribution in [0.15, 0.2) is 4.52 Å². The maximum Gasteiger partial charge on any atom is 0.391 e. The van der Waals surface area contributed by atoms with E-state index in [-0.39, 0.29) is 18.8 Å². The van der Waals surface area contributed by atoms with E-state index < -0.39 is 17.6 Å². The van der Waals surface area contributed by atoms with Crippen molar-refractivity contribution in [2.24, 2.45) is 11.7 Å². The molecule has 7 heteroatoms. The third-order valence-electron chi connectivity index (χ3n) is 4.17. The molecule has 1 aliphatic rings. The molecule has 3 unspecified atom stereocenters. The zero-order valence-electron chi connectivity index (χ0n) is 11.7. The van der Waals surface area contributed by atoms with E-state index in [1.165, 1.54) is 0 Å². The summed E-state index contributed by atoms with van der Waals surface area (Å²) in [5, 5.41) is 3.83. The van der Waals surface area contributed by atoms with E-state index in [9.17, 15) is 13.2 Å². The van der Waals surface area contributed by atoms with Crippen LogP contribution in [-0.4, -0.2) is 16.3 Å². The predicted octanol–water partition coefficient (Wildman–Crippen LogP) is 3.49. The van der Waals surface area contributed by atoms with Gasteiger partial charge in [-0.25, -0.2) is 0 Å². The van der Waals surface area contributed by atoms with E-state index in [1.54, 1.807) is 6.92 Å². The zero-order valence-corrected chi connectivity index (χ0v) is 11.7. The molecule has 20 heavy (non-hydrogen) atoms. The molecule has 0 saturated heterocycles. The number of hydrogen-bond donors (Lipinski definition) is 1. The Hall–Kier alpha value is -1.11. The number of nitrogens with two attached hydrogens (primary N) is 1. The maximum absolute atomic E-state index is 12.8. The summed E-state index contributed by atoms with van der Waals surface area (Å²) in [6, 6.07) is 0. The van der Waals surface area contributed by atoms with E-state index >= 15 is 0 Å². The molecule has 3 atom stereocenters. The predicted molar refractivity (Wildman–Crippen MR) is 66.9 cm³/mol. The summed E-state index contributed by atoms with van der Waals surface area (Å²) in [6.45, 7) is 3.68. The van der Waals surface area contributed by atoms with E-state index in [0.717, 1.165) is 0 Å². The van der Waals surface area contributed by atoms with Gasteiger partial charge in [0.2, 0.25) is 5.89 Å². The fourth-order valence-electron chi connectivity index (χ4n) is 2.50. The second-order valence-corrected chi connectivity index (χ2v) is 5.83. The molecule has 0 spiro atoms. The van der Waals surface area contributed by atoms with Crippen molar-refractivity contribution in [3.63, 3.8) is 0 Å². The summed E-state index contributed by atoms with van der Waals surface area (Å²) in [5.74, 6) is -0.931. The summed E-state index contributed by atoms with van der Waals surface area (Å²) < 4.78 is 43.5. The first kappa shape index (κ1) is 15.3. The van der Waals surface area contributed by atoms with E-state index in [1.807, 2.05) is 6.92 Å². The Labute approximate surface area is 115 Å². The second kappa shape index (κ2) is 5.35. The van der Waals surface area contributed by atoms with Crippen molar-refractivity contribution in [1.29, 1.82) is 0 Å². The summed E-state index contributed by atoms with van der Waals surface area (Å²) in [4.78, 5) is 4.22. The highest BCUT2D eigenvalue weighted by molar-refractivity contribution is 5.04. The molecule has 0 amide bonds. The lowest BCUT2D eigenvalue weighted by Crippen LogP contribution is -2.33. The SMILES string of the molecule is CCC(C)(N)c1noc(C2CCCC(C(F)(F)F)C2)n1. The Bertz CT molecular complexity index is 456. The molecule has 0 bridgehead atoms. The van der Waals surface area contributed by atoms with Gasteiger partial charge in [-0.15, -0.1) is 0 Å². The standard InChI is InChI=1S/C13H20F3N3O/c1-3-12(2,17)11-18-10(20-19-11)8-5-4-6-9(7-8)13(14,15)16/h8-9H,3-7,17H2,1-2H3. The Balaban J connectivity index is 2.12. The number of alkyl halides is 3. The molecule has 2 rings (SSSR count). The van der Waals surface area contributed by atoms with Crippen LogP contribution in [0, 0.1) is 5.92 Å². The minimum Gasteiger partial charge on any atom is -0.339 e. The van der Waals surface area contributed by atoms with E-state index in [4.69, 9.17) is 10.3 Å². The normalized spacial score (nSPS) is 27.3. The summed E-state index contributed by atoms with van der Waals surface area (Å²) in [7, 11) is 0. The molecule has 1 aromatic rings. The molecule has 0 aromatic carbocycles. The summed E-state index contributed by atoms with van der Waals surface area (Å²) in [6.07, 6.45) is -2.12. The van der Waals surface area contributed by atoms with Crippen LogP contribution in [0.4, 0.5) is 13.2 Å². The number of nitrogens with zero attached hydrogens (tertiary/aromatic N) is 2. The van der Waals surface area contributed by atoms with Crippen molar-refractivity contribution >= 4 is 0 Å². The number of aromatic nitrogens is 2. The lowest BCUT2D eigenvalue weighted by molar-refractivity contribution is -0.183. The third-order valence-corrected chi connectivity index (χ3v) is 4.17. The first-order valence-electron chi connectivity index (χ1n) is 6.93. The van der Waals surface area contributed by atoms with Gasteiger partial charge in [-0.3, -0.25) is 0 Å². The Morgan fingerprint density at radius 2 is 2.05 bits per heavy atom. The van der Waals surface area contributed by atoms with Crippen LogP contribution < -0.4 is 5.73 Å². The molecule has 1 fully saturated rings. The molecule has 1 heterocycles. The van der Waals surface area contributed by atoms with Crippen molar-refractivity contribution in [3.05, 3.63) is 11.7 Å². The van der Waals surface area contributed by atoms with Gasteiger partial charge in [-0.2, -0.15) is 18.2 Å². The lowest BCUT2D eigenvalue weighted by Gasteiger charge is -2.28. The highest BCUT2D eigenvalue weighted by atomic mass is 19.4. The van der Waals surface area contributed by atoms with Crippen LogP contribution in [0.2, 0.25) is 0 Å². The molecule has 114 valence electrons. The average Bonchev–Trinajstić information content (AvgIpc) is 2.88. The average molecular weight is 291 g/mol. The molecule has 2 N–H and O–H groups in total. The van der Waals surface area contributed by atoms with Gasteiger partial charge < -0.3 is 10.3 Å². The lowest BCUT2D eigenvalue weighted by atomic mass is 9.81. The van der Waals surface area contributed by atoms with E-state index in [0.29, 0.717) is 31.0 Å². The molecule has 0 aliphatic heterocycles. The van der Waals surface area contributed by atoms with Gasteiger partial charge in [0.15, 0.2) is 5.82 Å². The second-order valence-electron chi connectivity index (χ2n) is 5.83. The van der Waals surface area contributed by atoms with Crippen molar-refractivity contribution in [2.45, 2.75) is 63.6 Å². The van der Waals surface area contributed by atoms with Crippen molar-refractivity contribution in [2.75, 3.05) is 0 Å². The zero-order chi connectivity index (χ0) is 15.0. The number of halogens is 3. The van der Waals surface area contributed by atoms with Crippen molar-refractivity contribution in [1.82, 2.24) is 10.1 Å². The van der Waals surface area contributed by atoms with Gasteiger partial charge in [-0.1, -0.05) is 18.5 Å². The first-order chi connectivity index (χ1) is 9.24. The highest BCUT2D eigenvalue weighted by Gasteiger charge is 2.43. The topological polar surface area (TPSA) is 64.9 Å². The van der Waals surface area contributed by atoms with Gasteiger partial charge >= 0.3 is 6.18 Å². The van der Waals surface area contributed by atoms with Crippen LogP contribution in [0.5, 0.6) is 0 Å². The Kier molecular flexibility index (Phi) is 4.09. The molecule has 1 aromatic heterocycles.